The van der Waals surface area contributed by atoms with Crippen molar-refractivity contribution in [3.05, 3.63) is 0 Å². The van der Waals surface area contributed by atoms with E-state index >= 15 is 0 Å². The normalized spacial score (nSPS) is 33.9. The molecule has 0 heterocycles. The van der Waals surface area contributed by atoms with Gasteiger partial charge in [-0.25, -0.2) is 13.1 Å². The Morgan fingerprint density at radius 2 is 1.57 bits per heavy atom. The maximum atomic E-state index is 12.3. The molecule has 0 aromatic carbocycles. The van der Waals surface area contributed by atoms with E-state index in [9.17, 15) is 21.6 Å². The number of fused-ring (bicyclic) bond motifs is 2. The number of halogens is 3. The van der Waals surface area contributed by atoms with Gasteiger partial charge in [-0.15, -0.1) is 0 Å². The summed E-state index contributed by atoms with van der Waals surface area (Å²) in [5.41, 5.74) is 0.530. The highest BCUT2D eigenvalue weighted by Crippen LogP contribution is 2.54. The second-order valence-electron chi connectivity index (χ2n) is 6.29. The van der Waals surface area contributed by atoms with Crippen LogP contribution in [-0.2, 0) is 10.0 Å². The Labute approximate surface area is 123 Å². The van der Waals surface area contributed by atoms with Crippen LogP contribution in [0.2, 0.25) is 0 Å². The highest BCUT2D eigenvalue weighted by molar-refractivity contribution is 7.90. The molecule has 0 spiro atoms. The highest BCUT2D eigenvalue weighted by Gasteiger charge is 2.49. The lowest BCUT2D eigenvalue weighted by atomic mass is 9.53. The van der Waals surface area contributed by atoms with E-state index in [1.165, 1.54) is 0 Å². The van der Waals surface area contributed by atoms with E-state index in [2.05, 4.69) is 0 Å². The van der Waals surface area contributed by atoms with Gasteiger partial charge in [0.2, 0.25) is 0 Å². The van der Waals surface area contributed by atoms with E-state index in [-0.39, 0.29) is 12.0 Å². The van der Waals surface area contributed by atoms with Gasteiger partial charge in [-0.2, -0.15) is 13.2 Å². The molecular weight excluding hydrogens is 305 g/mol. The van der Waals surface area contributed by atoms with Gasteiger partial charge in [0.15, 0.2) is 0 Å². The van der Waals surface area contributed by atoms with E-state index < -0.39 is 15.5 Å². The van der Waals surface area contributed by atoms with Crippen LogP contribution >= 0.6 is 0 Å². The van der Waals surface area contributed by atoms with Gasteiger partial charge in [-0.1, -0.05) is 12.8 Å². The summed E-state index contributed by atoms with van der Waals surface area (Å²) in [7, 11) is -5.25. The van der Waals surface area contributed by atoms with Crippen molar-refractivity contribution in [2.75, 3.05) is 13.1 Å². The third-order valence-electron chi connectivity index (χ3n) is 5.40. The van der Waals surface area contributed by atoms with Gasteiger partial charge in [0.25, 0.3) is 0 Å². The molecule has 0 atom stereocenters. The topological polar surface area (TPSA) is 72.2 Å². The first-order valence-corrected chi connectivity index (χ1v) is 8.97. The van der Waals surface area contributed by atoms with Crippen LogP contribution in [0.1, 0.15) is 44.9 Å². The van der Waals surface area contributed by atoms with Gasteiger partial charge in [0.05, 0.1) is 0 Å². The first kappa shape index (κ1) is 17.0. The molecule has 0 radical (unpaired) electrons. The fourth-order valence-electron chi connectivity index (χ4n) is 4.34. The van der Waals surface area contributed by atoms with Crippen LogP contribution in [-0.4, -0.2) is 27.0 Å². The summed E-state index contributed by atoms with van der Waals surface area (Å²) in [6.45, 7) is 0.238. The molecule has 0 amide bonds. The molecule has 2 saturated carbocycles. The minimum Gasteiger partial charge on any atom is -0.330 e. The Bertz CT molecular complexity index is 443. The van der Waals surface area contributed by atoms with Crippen molar-refractivity contribution in [3.63, 3.8) is 0 Å². The van der Waals surface area contributed by atoms with Crippen molar-refractivity contribution in [2.45, 2.75) is 50.5 Å². The van der Waals surface area contributed by atoms with Gasteiger partial charge in [0.1, 0.15) is 0 Å². The third kappa shape index (κ3) is 3.22. The first-order valence-electron chi connectivity index (χ1n) is 7.49. The Balaban J connectivity index is 2.03. The van der Waals surface area contributed by atoms with E-state index in [4.69, 9.17) is 5.73 Å². The monoisotopic (exact) mass is 328 g/mol. The van der Waals surface area contributed by atoms with E-state index in [0.29, 0.717) is 24.8 Å². The average molecular weight is 328 g/mol. The fourth-order valence-corrected chi connectivity index (χ4v) is 4.87. The van der Waals surface area contributed by atoms with Gasteiger partial charge in [-0.05, 0) is 55.9 Å². The average Bonchev–Trinajstić information content (AvgIpc) is 2.36. The van der Waals surface area contributed by atoms with Gasteiger partial charge >= 0.3 is 15.5 Å². The molecule has 0 aromatic rings. The lowest BCUT2D eigenvalue weighted by Gasteiger charge is -2.53. The van der Waals surface area contributed by atoms with Crippen molar-refractivity contribution < 1.29 is 21.6 Å². The molecule has 2 rings (SSSR count). The second kappa shape index (κ2) is 6.04. The Morgan fingerprint density at radius 1 is 1.10 bits per heavy atom. The first-order chi connectivity index (χ1) is 9.73. The Hall–Kier alpha value is -0.340. The molecule has 0 saturated heterocycles. The number of rotatable bonds is 5. The minimum absolute atomic E-state index is 0.188. The van der Waals surface area contributed by atoms with Crippen LogP contribution in [0.4, 0.5) is 13.2 Å². The number of alkyl halides is 3. The molecule has 0 aliphatic heterocycles. The molecule has 0 aromatic heterocycles. The molecule has 2 bridgehead atoms. The number of hydrogen-bond donors (Lipinski definition) is 2. The lowest BCUT2D eigenvalue weighted by molar-refractivity contribution is -0.0454. The zero-order valence-corrected chi connectivity index (χ0v) is 12.8. The molecule has 3 N–H and O–H groups in total. The van der Waals surface area contributed by atoms with Crippen molar-refractivity contribution >= 4 is 10.0 Å². The minimum atomic E-state index is -5.25. The molecule has 2 aliphatic rings. The molecular formula is C13H23F3N2O2S. The summed E-state index contributed by atoms with van der Waals surface area (Å²) in [5, 5.41) is 0. The van der Waals surface area contributed by atoms with Gasteiger partial charge in [0, 0.05) is 6.54 Å². The summed E-state index contributed by atoms with van der Waals surface area (Å²) in [6, 6.07) is 0. The molecule has 2 fully saturated rings. The van der Waals surface area contributed by atoms with E-state index in [1.54, 1.807) is 4.72 Å². The van der Waals surface area contributed by atoms with Crippen molar-refractivity contribution in [1.82, 2.24) is 4.72 Å². The molecule has 124 valence electrons. The SMILES string of the molecule is NCC1(CCNS(=O)(=O)C(F)(F)F)C2CCCC1CCC2. The summed E-state index contributed by atoms with van der Waals surface area (Å²) in [4.78, 5) is 0. The van der Waals surface area contributed by atoms with Crippen LogP contribution in [0.25, 0.3) is 0 Å². The molecule has 2 aliphatic carbocycles. The number of sulfonamides is 1. The number of nitrogens with one attached hydrogen (secondary N) is 1. The lowest BCUT2D eigenvalue weighted by Crippen LogP contribution is -2.51. The zero-order valence-electron chi connectivity index (χ0n) is 12.0. The quantitative estimate of drug-likeness (QED) is 0.814. The smallest absolute Gasteiger partial charge is 0.330 e. The standard InChI is InChI=1S/C13H23F3N2O2S/c14-13(15,16)21(19,20)18-8-7-12(9-17)10-3-1-4-11(12)6-2-5-10/h10-11,18H,1-9,17H2. The van der Waals surface area contributed by atoms with Crippen LogP contribution in [0.5, 0.6) is 0 Å². The molecule has 21 heavy (non-hydrogen) atoms. The third-order valence-corrected chi connectivity index (χ3v) is 6.60. The fraction of sp³-hybridized carbons (Fsp3) is 1.00. The maximum Gasteiger partial charge on any atom is 0.511 e. The molecule has 4 nitrogen and oxygen atoms in total. The van der Waals surface area contributed by atoms with Crippen molar-refractivity contribution in [2.24, 2.45) is 23.0 Å². The number of hydrogen-bond acceptors (Lipinski definition) is 3. The van der Waals surface area contributed by atoms with Crippen molar-refractivity contribution in [3.8, 4) is 0 Å². The summed E-state index contributed by atoms with van der Waals surface area (Å²) >= 11 is 0. The highest BCUT2D eigenvalue weighted by atomic mass is 32.2. The molecule has 0 unspecified atom stereocenters. The van der Waals surface area contributed by atoms with Gasteiger partial charge < -0.3 is 5.73 Å². The van der Waals surface area contributed by atoms with Crippen LogP contribution in [0.15, 0.2) is 0 Å². The predicted octanol–water partition coefficient (Wildman–Crippen LogP) is 2.36. The summed E-state index contributed by atoms with van der Waals surface area (Å²) in [5.74, 6) is 0.843. The van der Waals surface area contributed by atoms with Gasteiger partial charge in [-0.3, -0.25) is 0 Å². The molecule has 8 heteroatoms. The van der Waals surface area contributed by atoms with Crippen LogP contribution < -0.4 is 10.5 Å². The Kier molecular flexibility index (Phi) is 4.90. The van der Waals surface area contributed by atoms with Crippen LogP contribution in [0.3, 0.4) is 0 Å². The summed E-state index contributed by atoms with van der Waals surface area (Å²) in [6.07, 6.45) is 6.91. The maximum absolute atomic E-state index is 12.3. The predicted molar refractivity (Wildman–Crippen MR) is 73.8 cm³/mol. The summed E-state index contributed by atoms with van der Waals surface area (Å²) < 4.78 is 60.8. The van der Waals surface area contributed by atoms with Crippen LogP contribution in [0, 0.1) is 17.3 Å². The van der Waals surface area contributed by atoms with E-state index in [0.717, 1.165) is 38.5 Å². The van der Waals surface area contributed by atoms with Crippen molar-refractivity contribution in [1.29, 1.82) is 0 Å². The number of nitrogens with two attached hydrogens (primary N) is 1. The largest absolute Gasteiger partial charge is 0.511 e. The Morgan fingerprint density at radius 3 is 1.95 bits per heavy atom. The second-order valence-corrected chi connectivity index (χ2v) is 8.04. The van der Waals surface area contributed by atoms with E-state index in [1.807, 2.05) is 0 Å². The zero-order chi connectivity index (χ0) is 15.7.